The van der Waals surface area contributed by atoms with Gasteiger partial charge in [0, 0.05) is 48.0 Å². The first kappa shape index (κ1) is 33.3. The van der Waals surface area contributed by atoms with Crippen molar-refractivity contribution in [2.24, 2.45) is 0 Å². The molecular formula is C33H40ClNO10. The Morgan fingerprint density at radius 1 is 1.04 bits per heavy atom. The number of fused-ring (bicyclic) bond motifs is 3. The Morgan fingerprint density at radius 3 is 2.40 bits per heavy atom. The number of hydrogen-bond acceptors (Lipinski definition) is 11. The van der Waals surface area contributed by atoms with Crippen molar-refractivity contribution in [2.75, 3.05) is 7.11 Å². The quantitative estimate of drug-likeness (QED) is 0.249. The molecule has 1 aliphatic heterocycles. The van der Waals surface area contributed by atoms with Gasteiger partial charge in [-0.05, 0) is 32.8 Å². The minimum atomic E-state index is -1.99. The van der Waals surface area contributed by atoms with Crippen LogP contribution in [0.5, 0.6) is 17.2 Å². The van der Waals surface area contributed by atoms with Crippen LogP contribution in [0.3, 0.4) is 0 Å². The Labute approximate surface area is 267 Å². The maximum atomic E-state index is 13.8. The zero-order valence-corrected chi connectivity index (χ0v) is 26.3. The third kappa shape index (κ3) is 5.64. The summed E-state index contributed by atoms with van der Waals surface area (Å²) in [5, 5.41) is 49.1. The number of benzene rings is 2. The fraction of sp³-hybridized carbons (Fsp3) is 0.545. The predicted octanol–water partition coefficient (Wildman–Crippen LogP) is 3.41. The molecule has 0 amide bonds. The van der Waals surface area contributed by atoms with Crippen molar-refractivity contribution >= 4 is 29.8 Å². The van der Waals surface area contributed by atoms with Crippen LogP contribution < -0.4 is 10.1 Å². The fourth-order valence-electron chi connectivity index (χ4n) is 7.36. The Morgan fingerprint density at radius 2 is 1.73 bits per heavy atom. The highest BCUT2D eigenvalue weighted by Gasteiger charge is 2.49. The molecule has 2 fully saturated rings. The molecule has 4 aliphatic rings. The Bertz CT molecular complexity index is 1520. The van der Waals surface area contributed by atoms with Crippen LogP contribution in [0.1, 0.15) is 108 Å². The summed E-state index contributed by atoms with van der Waals surface area (Å²) in [6.45, 7) is 2.94. The van der Waals surface area contributed by atoms with Gasteiger partial charge in [0.05, 0.1) is 42.1 Å². The van der Waals surface area contributed by atoms with Crippen LogP contribution in [-0.2, 0) is 20.7 Å². The second-order valence-electron chi connectivity index (χ2n) is 12.6. The van der Waals surface area contributed by atoms with Crippen molar-refractivity contribution in [1.82, 2.24) is 5.32 Å². The number of phenolic OH excluding ortho intramolecular Hbond substituents is 2. The molecular weight excluding hydrogens is 606 g/mol. The third-order valence-electron chi connectivity index (χ3n) is 9.81. The van der Waals surface area contributed by atoms with E-state index in [4.69, 9.17) is 14.2 Å². The van der Waals surface area contributed by atoms with Crippen LogP contribution in [0.2, 0.25) is 0 Å². The predicted molar refractivity (Wildman–Crippen MR) is 163 cm³/mol. The lowest BCUT2D eigenvalue weighted by Crippen LogP contribution is -2.56. The van der Waals surface area contributed by atoms with Gasteiger partial charge >= 0.3 is 0 Å². The van der Waals surface area contributed by atoms with Gasteiger partial charge in [-0.3, -0.25) is 14.4 Å². The number of ketones is 3. The van der Waals surface area contributed by atoms with E-state index < -0.39 is 76.6 Å². The lowest BCUT2D eigenvalue weighted by Gasteiger charge is -2.43. The number of aliphatic hydroxyl groups excluding tert-OH is 1. The van der Waals surface area contributed by atoms with Crippen molar-refractivity contribution in [3.8, 4) is 17.2 Å². The average molecular weight is 646 g/mol. The summed E-state index contributed by atoms with van der Waals surface area (Å²) in [7, 11) is 1.36. The number of aliphatic hydroxyl groups is 2. The molecule has 6 unspecified atom stereocenters. The van der Waals surface area contributed by atoms with E-state index in [-0.39, 0.29) is 65.3 Å². The summed E-state index contributed by atoms with van der Waals surface area (Å²) in [5.74, 6) is -3.03. The van der Waals surface area contributed by atoms with Gasteiger partial charge in [-0.25, -0.2) is 0 Å². The molecule has 244 valence electrons. The van der Waals surface area contributed by atoms with Crippen LogP contribution in [0.25, 0.3) is 0 Å². The van der Waals surface area contributed by atoms with E-state index in [0.717, 1.165) is 25.7 Å². The minimum absolute atomic E-state index is 0. The molecule has 12 heteroatoms. The first-order valence-electron chi connectivity index (χ1n) is 15.3. The third-order valence-corrected chi connectivity index (χ3v) is 9.81. The van der Waals surface area contributed by atoms with Gasteiger partial charge < -0.3 is 40.0 Å². The summed E-state index contributed by atoms with van der Waals surface area (Å²) in [6.07, 6.45) is 1.44. The van der Waals surface area contributed by atoms with Gasteiger partial charge in [-0.1, -0.05) is 31.4 Å². The topological polar surface area (TPSA) is 172 Å². The first-order chi connectivity index (χ1) is 20.9. The van der Waals surface area contributed by atoms with Crippen molar-refractivity contribution in [3.63, 3.8) is 0 Å². The van der Waals surface area contributed by atoms with Crippen LogP contribution in [0.4, 0.5) is 0 Å². The number of methoxy groups -OCH3 is 1. The van der Waals surface area contributed by atoms with Crippen LogP contribution in [0.15, 0.2) is 18.2 Å². The normalized spacial score (nSPS) is 29.7. The Hall–Kier alpha value is -3.06. The highest BCUT2D eigenvalue weighted by molar-refractivity contribution is 6.31. The Balaban J connectivity index is 0.00000400. The van der Waals surface area contributed by atoms with E-state index >= 15 is 0 Å². The highest BCUT2D eigenvalue weighted by Crippen LogP contribution is 2.52. The zero-order valence-electron chi connectivity index (χ0n) is 25.5. The number of aromatic hydroxyl groups is 2. The van der Waals surface area contributed by atoms with Crippen molar-refractivity contribution in [2.45, 2.75) is 108 Å². The second-order valence-corrected chi connectivity index (χ2v) is 12.6. The summed E-state index contributed by atoms with van der Waals surface area (Å²) >= 11 is 0. The second kappa shape index (κ2) is 12.6. The molecule has 1 saturated heterocycles. The van der Waals surface area contributed by atoms with E-state index in [2.05, 4.69) is 5.32 Å². The molecule has 0 bridgehead atoms. The van der Waals surface area contributed by atoms with E-state index in [0.29, 0.717) is 0 Å². The number of phenols is 2. The van der Waals surface area contributed by atoms with Crippen molar-refractivity contribution in [3.05, 3.63) is 51.6 Å². The number of nitrogens with one attached hydrogen (secondary N) is 1. The number of rotatable bonds is 6. The molecule has 0 spiro atoms. The lowest BCUT2D eigenvalue weighted by atomic mass is 9.72. The molecule has 2 aromatic carbocycles. The zero-order chi connectivity index (χ0) is 31.5. The number of hydrogen-bond donors (Lipinski definition) is 5. The molecule has 2 aromatic rings. The number of ether oxygens (including phenoxy) is 3. The molecule has 5 N–H and O–H groups in total. The van der Waals surface area contributed by atoms with Gasteiger partial charge in [-0.2, -0.15) is 0 Å². The van der Waals surface area contributed by atoms with E-state index in [1.54, 1.807) is 13.0 Å². The summed E-state index contributed by atoms with van der Waals surface area (Å²) < 4.78 is 17.7. The van der Waals surface area contributed by atoms with Gasteiger partial charge in [0.2, 0.25) is 5.78 Å². The molecule has 0 aromatic heterocycles. The highest BCUT2D eigenvalue weighted by atomic mass is 35.5. The smallest absolute Gasteiger partial charge is 0.202 e. The standard InChI is InChI=1S/C33H39NO10.ClH/c1-15-28(36)20(34-17-8-5-4-6-9-17)12-23(43-15)44-22-14-33(41,16(2)35)13-19-25(22)32(40)27-26(30(19)38)29(37)18-10-7-11-21(42-3)24(18)31(27)39;/h7,10-11,15,17,20,22-23,28,34,36,38,40-41H,4-6,8-9,12-14H2,1-3H3;1H. The Kier molecular flexibility index (Phi) is 9.34. The molecule has 1 heterocycles. The number of carbonyl (C=O) groups excluding carboxylic acids is 3. The van der Waals surface area contributed by atoms with Gasteiger partial charge in [-0.15, -0.1) is 12.4 Å². The first-order valence-corrected chi connectivity index (χ1v) is 15.3. The fourth-order valence-corrected chi connectivity index (χ4v) is 7.36. The van der Waals surface area contributed by atoms with Gasteiger partial charge in [0.1, 0.15) is 22.8 Å². The largest absolute Gasteiger partial charge is 0.507 e. The molecule has 1 saturated carbocycles. The maximum absolute atomic E-state index is 13.8. The summed E-state index contributed by atoms with van der Waals surface area (Å²) in [5.41, 5.74) is -2.86. The number of carbonyl (C=O) groups is 3. The number of halogens is 1. The van der Waals surface area contributed by atoms with Crippen LogP contribution in [-0.4, -0.2) is 81.1 Å². The minimum Gasteiger partial charge on any atom is -0.507 e. The van der Waals surface area contributed by atoms with E-state index in [1.807, 2.05) is 0 Å². The van der Waals surface area contributed by atoms with Gasteiger partial charge in [0.25, 0.3) is 0 Å². The SMILES string of the molecule is COc1cccc2c1C(=O)c1c(O)c3c(c(O)c1C2=O)CC(O)(C(C)=O)CC3OC1CC(NC2CCCCC2)C(O)C(C)O1.Cl. The van der Waals surface area contributed by atoms with Crippen molar-refractivity contribution in [1.29, 1.82) is 0 Å². The monoisotopic (exact) mass is 645 g/mol. The molecule has 6 rings (SSSR count). The van der Waals surface area contributed by atoms with E-state index in [9.17, 15) is 34.8 Å². The maximum Gasteiger partial charge on any atom is 0.202 e. The van der Waals surface area contributed by atoms with Crippen molar-refractivity contribution < 1.29 is 49.0 Å². The van der Waals surface area contributed by atoms with E-state index in [1.165, 1.54) is 32.6 Å². The molecule has 3 aliphatic carbocycles. The molecule has 11 nitrogen and oxygen atoms in total. The summed E-state index contributed by atoms with van der Waals surface area (Å²) in [6, 6.07) is 4.40. The molecule has 0 radical (unpaired) electrons. The summed E-state index contributed by atoms with van der Waals surface area (Å²) in [4.78, 5) is 40.2. The lowest BCUT2D eigenvalue weighted by molar-refractivity contribution is -0.250. The molecule has 6 atom stereocenters. The number of Topliss-reactive ketones (excluding diaryl/α,β-unsaturated/α-hetero) is 1. The molecule has 45 heavy (non-hydrogen) atoms. The van der Waals surface area contributed by atoms with Gasteiger partial charge in [0.15, 0.2) is 17.9 Å². The van der Waals surface area contributed by atoms with Crippen LogP contribution in [0, 0.1) is 0 Å². The average Bonchev–Trinajstić information content (AvgIpc) is 3.00. The van der Waals surface area contributed by atoms with Crippen LogP contribution >= 0.6 is 12.4 Å².